The molecule has 0 amide bonds. The summed E-state index contributed by atoms with van der Waals surface area (Å²) in [5, 5.41) is 9.47. The van der Waals surface area contributed by atoms with Crippen LogP contribution in [0.25, 0.3) is 4.85 Å². The SMILES string of the molecule is [C-]#[N+]C(C#N)=C1N(CCN2CCCC2C)CCN1CCN1CCCC1C. The van der Waals surface area contributed by atoms with Crippen molar-refractivity contribution < 1.29 is 0 Å². The molecule has 6 nitrogen and oxygen atoms in total. The minimum atomic E-state index is 0.256. The lowest BCUT2D eigenvalue weighted by Crippen LogP contribution is -2.38. The van der Waals surface area contributed by atoms with Crippen LogP contribution in [0.3, 0.4) is 0 Å². The third-order valence-electron chi connectivity index (χ3n) is 6.36. The summed E-state index contributed by atoms with van der Waals surface area (Å²) in [5.74, 6) is 0.876. The maximum absolute atomic E-state index is 9.47. The summed E-state index contributed by atoms with van der Waals surface area (Å²) >= 11 is 0. The van der Waals surface area contributed by atoms with E-state index in [2.05, 4.69) is 44.4 Å². The number of hydrogen-bond acceptors (Lipinski definition) is 5. The summed E-state index contributed by atoms with van der Waals surface area (Å²) in [6.45, 7) is 20.1. The van der Waals surface area contributed by atoms with Gasteiger partial charge in [-0.25, -0.2) is 10.1 Å². The van der Waals surface area contributed by atoms with Crippen LogP contribution >= 0.6 is 0 Å². The van der Waals surface area contributed by atoms with Crippen molar-refractivity contribution in [1.82, 2.24) is 19.6 Å². The molecule has 0 radical (unpaired) electrons. The normalized spacial score (nSPS) is 27.2. The first-order valence-corrected chi connectivity index (χ1v) is 10.1. The van der Waals surface area contributed by atoms with Crippen LogP contribution in [0.4, 0.5) is 0 Å². The van der Waals surface area contributed by atoms with Gasteiger partial charge in [0.1, 0.15) is 5.82 Å². The Bertz CT molecular complexity index is 550. The van der Waals surface area contributed by atoms with Crippen LogP contribution in [0.1, 0.15) is 39.5 Å². The maximum atomic E-state index is 9.47. The summed E-state index contributed by atoms with van der Waals surface area (Å²) in [7, 11) is 0. The average Bonchev–Trinajstić information content (AvgIpc) is 3.34. The van der Waals surface area contributed by atoms with Crippen LogP contribution in [-0.2, 0) is 0 Å². The Morgan fingerprint density at radius 3 is 1.81 bits per heavy atom. The zero-order chi connectivity index (χ0) is 18.5. The lowest BCUT2D eigenvalue weighted by molar-refractivity contribution is 0.215. The van der Waals surface area contributed by atoms with E-state index in [9.17, 15) is 5.26 Å². The number of nitriles is 1. The van der Waals surface area contributed by atoms with Crippen LogP contribution in [-0.4, -0.2) is 84.0 Å². The lowest BCUT2D eigenvalue weighted by atomic mass is 10.2. The second-order valence-electron chi connectivity index (χ2n) is 7.92. The highest BCUT2D eigenvalue weighted by Gasteiger charge is 2.30. The van der Waals surface area contributed by atoms with Crippen molar-refractivity contribution in [2.24, 2.45) is 0 Å². The molecule has 3 fully saturated rings. The van der Waals surface area contributed by atoms with Crippen molar-refractivity contribution in [1.29, 1.82) is 5.26 Å². The average molecular weight is 357 g/mol. The largest absolute Gasteiger partial charge is 0.363 e. The van der Waals surface area contributed by atoms with Crippen molar-refractivity contribution in [2.45, 2.75) is 51.6 Å². The first-order valence-electron chi connectivity index (χ1n) is 10.1. The Morgan fingerprint density at radius 2 is 1.46 bits per heavy atom. The second-order valence-corrected chi connectivity index (χ2v) is 7.92. The molecule has 3 saturated heterocycles. The second kappa shape index (κ2) is 8.75. The standard InChI is InChI=1S/C20H32N6/c1-17-6-4-8-23(17)10-12-25-14-15-26(20(25)19(16-21)22-3)13-11-24-9-5-7-18(24)2/h17-18H,4-15H2,1-2H3. The first-order chi connectivity index (χ1) is 12.6. The molecule has 2 unspecified atom stereocenters. The van der Waals surface area contributed by atoms with Gasteiger partial charge in [0.15, 0.2) is 0 Å². The third-order valence-corrected chi connectivity index (χ3v) is 6.36. The van der Waals surface area contributed by atoms with E-state index in [-0.39, 0.29) is 5.70 Å². The summed E-state index contributed by atoms with van der Waals surface area (Å²) in [6.07, 6.45) is 5.15. The molecule has 0 spiro atoms. The minimum absolute atomic E-state index is 0.256. The zero-order valence-electron chi connectivity index (χ0n) is 16.3. The smallest absolute Gasteiger partial charge is 0.300 e. The summed E-state index contributed by atoms with van der Waals surface area (Å²) in [6, 6.07) is 3.46. The predicted molar refractivity (Wildman–Crippen MR) is 103 cm³/mol. The van der Waals surface area contributed by atoms with Gasteiger partial charge in [-0.3, -0.25) is 9.80 Å². The van der Waals surface area contributed by atoms with Gasteiger partial charge in [-0.05, 0) is 52.6 Å². The van der Waals surface area contributed by atoms with E-state index < -0.39 is 0 Å². The predicted octanol–water partition coefficient (Wildman–Crippen LogP) is 2.18. The molecule has 0 aromatic rings. The third kappa shape index (κ3) is 4.14. The summed E-state index contributed by atoms with van der Waals surface area (Å²) in [4.78, 5) is 13.2. The first kappa shape index (κ1) is 19.0. The van der Waals surface area contributed by atoms with Gasteiger partial charge in [-0.15, -0.1) is 0 Å². The van der Waals surface area contributed by atoms with E-state index in [0.717, 1.165) is 45.1 Å². The number of likely N-dealkylation sites (tertiary alicyclic amines) is 2. The van der Waals surface area contributed by atoms with Crippen LogP contribution < -0.4 is 0 Å². The van der Waals surface area contributed by atoms with Crippen molar-refractivity contribution in [2.75, 3.05) is 52.4 Å². The molecule has 0 bridgehead atoms. The van der Waals surface area contributed by atoms with Crippen LogP contribution in [0.15, 0.2) is 11.5 Å². The topological polar surface area (TPSA) is 41.1 Å². The highest BCUT2D eigenvalue weighted by molar-refractivity contribution is 5.33. The van der Waals surface area contributed by atoms with Crippen LogP contribution in [0.2, 0.25) is 0 Å². The number of rotatable bonds is 6. The Kier molecular flexibility index (Phi) is 6.40. The van der Waals surface area contributed by atoms with Gasteiger partial charge >= 0.3 is 5.70 Å². The fraction of sp³-hybridized carbons (Fsp3) is 0.800. The van der Waals surface area contributed by atoms with Gasteiger partial charge in [0, 0.05) is 51.4 Å². The number of allylic oxidation sites excluding steroid dienone is 1. The van der Waals surface area contributed by atoms with Crippen molar-refractivity contribution in [3.05, 3.63) is 22.9 Å². The van der Waals surface area contributed by atoms with Crippen LogP contribution in [0.5, 0.6) is 0 Å². The molecule has 3 heterocycles. The van der Waals surface area contributed by atoms with Gasteiger partial charge < -0.3 is 9.80 Å². The Hall–Kier alpha value is -1.76. The molecule has 0 aromatic carbocycles. The van der Waals surface area contributed by atoms with Gasteiger partial charge in [0.25, 0.3) is 0 Å². The van der Waals surface area contributed by atoms with E-state index >= 15 is 0 Å². The minimum Gasteiger partial charge on any atom is -0.363 e. The molecule has 0 aromatic heterocycles. The molecular weight excluding hydrogens is 324 g/mol. The van der Waals surface area contributed by atoms with Gasteiger partial charge in [-0.2, -0.15) is 0 Å². The molecule has 26 heavy (non-hydrogen) atoms. The molecule has 6 heteroatoms. The van der Waals surface area contributed by atoms with Gasteiger partial charge in [0.05, 0.1) is 12.6 Å². The van der Waals surface area contributed by atoms with Gasteiger partial charge in [-0.1, -0.05) is 0 Å². The number of nitrogens with zero attached hydrogens (tertiary/aromatic N) is 6. The fourth-order valence-corrected chi connectivity index (χ4v) is 4.66. The molecule has 3 aliphatic rings. The quantitative estimate of drug-likeness (QED) is 0.539. The van der Waals surface area contributed by atoms with Crippen molar-refractivity contribution in [3.8, 4) is 6.07 Å². The molecule has 2 atom stereocenters. The monoisotopic (exact) mass is 356 g/mol. The van der Waals surface area contributed by atoms with Crippen molar-refractivity contribution in [3.63, 3.8) is 0 Å². The Morgan fingerprint density at radius 1 is 0.962 bits per heavy atom. The molecule has 3 rings (SSSR count). The molecule has 142 valence electrons. The molecule has 3 aliphatic heterocycles. The van der Waals surface area contributed by atoms with E-state index in [1.165, 1.54) is 38.8 Å². The summed E-state index contributed by atoms with van der Waals surface area (Å²) < 4.78 is 0. The molecular formula is C20H32N6. The van der Waals surface area contributed by atoms with E-state index in [1.54, 1.807) is 0 Å². The summed E-state index contributed by atoms with van der Waals surface area (Å²) in [5.41, 5.74) is 0.256. The molecule has 0 saturated carbocycles. The number of hydrogen-bond donors (Lipinski definition) is 0. The lowest BCUT2D eigenvalue weighted by Gasteiger charge is -2.30. The van der Waals surface area contributed by atoms with Crippen molar-refractivity contribution >= 4 is 0 Å². The van der Waals surface area contributed by atoms with E-state index in [1.807, 2.05) is 0 Å². The van der Waals surface area contributed by atoms with Gasteiger partial charge in [0.2, 0.25) is 0 Å². The Balaban J connectivity index is 1.63. The maximum Gasteiger partial charge on any atom is 0.300 e. The molecule has 0 N–H and O–H groups in total. The van der Waals surface area contributed by atoms with E-state index in [4.69, 9.17) is 6.57 Å². The van der Waals surface area contributed by atoms with Crippen LogP contribution in [0, 0.1) is 17.9 Å². The molecule has 0 aliphatic carbocycles. The highest BCUT2D eigenvalue weighted by atomic mass is 15.4. The van der Waals surface area contributed by atoms with E-state index in [0.29, 0.717) is 12.1 Å². The Labute approximate surface area is 158 Å². The fourth-order valence-electron chi connectivity index (χ4n) is 4.66. The zero-order valence-corrected chi connectivity index (χ0v) is 16.3. The highest BCUT2D eigenvalue weighted by Crippen LogP contribution is 2.25.